The molecule has 0 saturated heterocycles. The van der Waals surface area contributed by atoms with Gasteiger partial charge in [-0.1, -0.05) is 37.3 Å². The van der Waals surface area contributed by atoms with E-state index in [4.69, 9.17) is 10.7 Å². The fraction of sp³-hybridized carbons (Fsp3) is 0.212. The molecule has 0 fully saturated rings. The molecule has 4 N–H and O–H groups in total. The Labute approximate surface area is 245 Å². The van der Waals surface area contributed by atoms with Gasteiger partial charge < -0.3 is 15.6 Å². The first-order valence-corrected chi connectivity index (χ1v) is 14.1. The van der Waals surface area contributed by atoms with Crippen LogP contribution in [0.1, 0.15) is 41.3 Å². The molecule has 1 aliphatic heterocycles. The van der Waals surface area contributed by atoms with Gasteiger partial charge in [-0.3, -0.25) is 15.4 Å². The summed E-state index contributed by atoms with van der Waals surface area (Å²) in [4.78, 5) is 22.7. The molecule has 5 heterocycles. The highest BCUT2D eigenvalue weighted by Gasteiger charge is 2.29. The van der Waals surface area contributed by atoms with E-state index in [0.717, 1.165) is 58.7 Å². The van der Waals surface area contributed by atoms with Crippen LogP contribution in [0.2, 0.25) is 0 Å². The van der Waals surface area contributed by atoms with Crippen LogP contribution >= 0.6 is 0 Å². The zero-order valence-corrected chi connectivity index (χ0v) is 23.7. The molecule has 0 bridgehead atoms. The van der Waals surface area contributed by atoms with Crippen molar-refractivity contribution in [3.63, 3.8) is 0 Å². The number of hydrogen-bond donors (Lipinski definition) is 3. The van der Waals surface area contributed by atoms with Crippen molar-refractivity contribution in [2.45, 2.75) is 39.8 Å². The summed E-state index contributed by atoms with van der Waals surface area (Å²) in [6.45, 7) is 5.55. The molecular formula is C33H33N9. The third kappa shape index (κ3) is 5.59. The van der Waals surface area contributed by atoms with Gasteiger partial charge in [0.2, 0.25) is 0 Å². The number of aromatic nitrogens is 5. The highest BCUT2D eigenvalue weighted by Crippen LogP contribution is 2.35. The summed E-state index contributed by atoms with van der Waals surface area (Å²) in [5, 5.41) is 12.7. The van der Waals surface area contributed by atoms with E-state index in [9.17, 15) is 5.41 Å². The van der Waals surface area contributed by atoms with Crippen molar-refractivity contribution in [1.82, 2.24) is 29.8 Å². The molecule has 210 valence electrons. The van der Waals surface area contributed by atoms with Gasteiger partial charge in [0.1, 0.15) is 5.82 Å². The Morgan fingerprint density at radius 3 is 2.55 bits per heavy atom. The average Bonchev–Trinajstić information content (AvgIpc) is 3.46. The van der Waals surface area contributed by atoms with Crippen molar-refractivity contribution in [2.24, 2.45) is 10.9 Å². The summed E-state index contributed by atoms with van der Waals surface area (Å²) < 4.78 is 1.99. The van der Waals surface area contributed by atoms with E-state index in [1.165, 1.54) is 5.56 Å². The van der Waals surface area contributed by atoms with Gasteiger partial charge in [-0.15, -0.1) is 0 Å². The molecule has 9 nitrogen and oxygen atoms in total. The summed E-state index contributed by atoms with van der Waals surface area (Å²) in [7, 11) is 0. The van der Waals surface area contributed by atoms with Gasteiger partial charge in [-0.25, -0.2) is 15.0 Å². The number of rotatable bonds is 9. The van der Waals surface area contributed by atoms with E-state index in [1.54, 1.807) is 18.7 Å². The third-order valence-electron chi connectivity index (χ3n) is 7.65. The molecule has 42 heavy (non-hydrogen) atoms. The second-order valence-corrected chi connectivity index (χ2v) is 10.6. The summed E-state index contributed by atoms with van der Waals surface area (Å²) in [5.74, 6) is 0.362. The first kappa shape index (κ1) is 27.2. The minimum absolute atomic E-state index is 0.0551. The van der Waals surface area contributed by atoms with Crippen LogP contribution in [-0.4, -0.2) is 35.9 Å². The number of nitrogens with zero attached hydrogens (tertiary/aromatic N) is 6. The van der Waals surface area contributed by atoms with Crippen molar-refractivity contribution in [1.29, 1.82) is 5.41 Å². The molecule has 0 spiro atoms. The minimum Gasteiger partial charge on any atom is -0.383 e. The largest absolute Gasteiger partial charge is 0.383 e. The number of nitrogens with two attached hydrogens (primary N) is 1. The zero-order chi connectivity index (χ0) is 29.1. The SMILES string of the molecule is CCC1Cc2c(cncc2-n2cnc(C)c2)N=C1C(=N)c1cc(-c2cncc(CNCc3ccccc3)c2)cnc1N. The van der Waals surface area contributed by atoms with Crippen molar-refractivity contribution in [3.05, 3.63) is 114 Å². The third-order valence-corrected chi connectivity index (χ3v) is 7.65. The van der Waals surface area contributed by atoms with Crippen LogP contribution in [0.5, 0.6) is 0 Å². The number of nitrogen functional groups attached to an aromatic ring is 1. The fourth-order valence-corrected chi connectivity index (χ4v) is 5.37. The topological polar surface area (TPSA) is 131 Å². The number of aliphatic imine (C=N–C) groups is 1. The predicted molar refractivity (Wildman–Crippen MR) is 166 cm³/mol. The summed E-state index contributed by atoms with van der Waals surface area (Å²) in [6, 6.07) is 14.3. The van der Waals surface area contributed by atoms with E-state index in [0.29, 0.717) is 23.6 Å². The van der Waals surface area contributed by atoms with Crippen LogP contribution in [0.25, 0.3) is 16.8 Å². The number of anilines is 1. The standard InChI is InChI=1S/C33H33N9/c1-3-24-10-27-29(17-38-18-30(27)42-19-21(2)40-20-42)41-32(24)31(34)28-11-26(16-39-33(28)35)25-9-23(14-37-15-25)13-36-12-22-7-5-4-6-8-22/h4-9,11,14-20,24,34,36H,3,10,12-13H2,1-2H3,(H2,35,39). The van der Waals surface area contributed by atoms with Gasteiger partial charge in [0, 0.05) is 66.0 Å². The molecule has 6 rings (SSSR count). The highest BCUT2D eigenvalue weighted by molar-refractivity contribution is 6.49. The van der Waals surface area contributed by atoms with Crippen LogP contribution in [0, 0.1) is 18.3 Å². The van der Waals surface area contributed by atoms with Crippen molar-refractivity contribution in [2.75, 3.05) is 5.73 Å². The number of pyridine rings is 3. The Bertz CT molecular complexity index is 1770. The first-order chi connectivity index (χ1) is 20.5. The van der Waals surface area contributed by atoms with Crippen molar-refractivity contribution in [3.8, 4) is 16.8 Å². The van der Waals surface area contributed by atoms with Gasteiger partial charge in [0.05, 0.1) is 47.2 Å². The Hall–Kier alpha value is -5.02. The molecule has 9 heteroatoms. The van der Waals surface area contributed by atoms with Gasteiger partial charge in [0.15, 0.2) is 0 Å². The van der Waals surface area contributed by atoms with Gasteiger partial charge >= 0.3 is 0 Å². The lowest BCUT2D eigenvalue weighted by Gasteiger charge is -2.26. The Kier molecular flexibility index (Phi) is 7.66. The fourth-order valence-electron chi connectivity index (χ4n) is 5.37. The second kappa shape index (κ2) is 11.8. The molecular weight excluding hydrogens is 522 g/mol. The lowest BCUT2D eigenvalue weighted by Crippen LogP contribution is -2.29. The normalized spacial score (nSPS) is 14.3. The van der Waals surface area contributed by atoms with Gasteiger partial charge in [-0.05, 0) is 43.0 Å². The van der Waals surface area contributed by atoms with E-state index in [-0.39, 0.29) is 11.6 Å². The molecule has 1 unspecified atom stereocenters. The maximum absolute atomic E-state index is 9.22. The molecule has 0 amide bonds. The Morgan fingerprint density at radius 1 is 0.976 bits per heavy atom. The second-order valence-electron chi connectivity index (χ2n) is 10.6. The lowest BCUT2D eigenvalue weighted by atomic mass is 9.84. The van der Waals surface area contributed by atoms with Crippen LogP contribution < -0.4 is 11.1 Å². The maximum atomic E-state index is 9.22. The van der Waals surface area contributed by atoms with Crippen molar-refractivity contribution < 1.29 is 0 Å². The molecule has 4 aromatic heterocycles. The smallest absolute Gasteiger partial charge is 0.132 e. The predicted octanol–water partition coefficient (Wildman–Crippen LogP) is 5.63. The highest BCUT2D eigenvalue weighted by atomic mass is 15.1. The lowest BCUT2D eigenvalue weighted by molar-refractivity contribution is 0.655. The molecule has 1 aromatic carbocycles. The maximum Gasteiger partial charge on any atom is 0.132 e. The number of benzene rings is 1. The van der Waals surface area contributed by atoms with Crippen LogP contribution in [0.4, 0.5) is 11.5 Å². The Balaban J connectivity index is 1.27. The van der Waals surface area contributed by atoms with E-state index >= 15 is 0 Å². The number of imidazole rings is 1. The molecule has 0 saturated carbocycles. The quantitative estimate of drug-likeness (QED) is 0.202. The minimum atomic E-state index is 0.0551. The van der Waals surface area contributed by atoms with Crippen molar-refractivity contribution >= 4 is 22.9 Å². The summed E-state index contributed by atoms with van der Waals surface area (Å²) in [5.41, 5.74) is 15.8. The number of fused-ring (bicyclic) bond motifs is 1. The Morgan fingerprint density at radius 2 is 1.76 bits per heavy atom. The molecule has 0 radical (unpaired) electrons. The molecule has 5 aromatic rings. The van der Waals surface area contributed by atoms with E-state index in [1.807, 2.05) is 60.5 Å². The van der Waals surface area contributed by atoms with Crippen LogP contribution in [0.15, 0.2) is 91.0 Å². The number of nitrogens with one attached hydrogen (secondary N) is 2. The monoisotopic (exact) mass is 555 g/mol. The number of aryl methyl sites for hydroxylation is 1. The molecule has 1 aliphatic rings. The molecule has 0 aliphatic carbocycles. The molecule has 1 atom stereocenters. The first-order valence-electron chi connectivity index (χ1n) is 14.1. The van der Waals surface area contributed by atoms with Crippen LogP contribution in [-0.2, 0) is 19.5 Å². The summed E-state index contributed by atoms with van der Waals surface area (Å²) in [6.07, 6.45) is 14.4. The number of hydrogen-bond acceptors (Lipinski definition) is 8. The van der Waals surface area contributed by atoms with E-state index < -0.39 is 0 Å². The van der Waals surface area contributed by atoms with Crippen LogP contribution in [0.3, 0.4) is 0 Å². The van der Waals surface area contributed by atoms with Gasteiger partial charge in [-0.2, -0.15) is 0 Å². The van der Waals surface area contributed by atoms with Gasteiger partial charge in [0.25, 0.3) is 0 Å². The summed E-state index contributed by atoms with van der Waals surface area (Å²) >= 11 is 0. The average molecular weight is 556 g/mol. The zero-order valence-electron chi connectivity index (χ0n) is 23.7. The van der Waals surface area contributed by atoms with E-state index in [2.05, 4.69) is 50.4 Å².